The lowest BCUT2D eigenvalue weighted by Gasteiger charge is -2.22. The van der Waals surface area contributed by atoms with Crippen molar-refractivity contribution in [1.82, 2.24) is 4.98 Å². The molecule has 1 saturated heterocycles. The van der Waals surface area contributed by atoms with E-state index in [9.17, 15) is 4.79 Å². The maximum absolute atomic E-state index is 11.9. The van der Waals surface area contributed by atoms with E-state index in [1.165, 1.54) is 0 Å². The van der Waals surface area contributed by atoms with Crippen LogP contribution in [0.4, 0.5) is 5.69 Å². The molecule has 18 heavy (non-hydrogen) atoms. The molecule has 1 aliphatic rings. The van der Waals surface area contributed by atoms with Gasteiger partial charge in [-0.15, -0.1) is 0 Å². The van der Waals surface area contributed by atoms with Crippen LogP contribution in [0.3, 0.4) is 0 Å². The summed E-state index contributed by atoms with van der Waals surface area (Å²) in [6.45, 7) is 2.66. The number of carbonyl (C=O) groups excluding carboxylic acids is 1. The second-order valence-corrected chi connectivity index (χ2v) is 4.95. The highest BCUT2D eigenvalue weighted by Crippen LogP contribution is 2.21. The van der Waals surface area contributed by atoms with E-state index in [1.54, 1.807) is 6.20 Å². The molecule has 4 nitrogen and oxygen atoms in total. The molecule has 0 spiro atoms. The van der Waals surface area contributed by atoms with Crippen LogP contribution in [0.15, 0.2) is 12.3 Å². The lowest BCUT2D eigenvalue weighted by Crippen LogP contribution is -2.25. The van der Waals surface area contributed by atoms with E-state index >= 15 is 0 Å². The predicted octanol–water partition coefficient (Wildman–Crippen LogP) is 2.94. The average Bonchev–Trinajstić information content (AvgIpc) is 2.35. The number of hydrogen-bond acceptors (Lipinski definition) is 3. The van der Waals surface area contributed by atoms with E-state index in [-0.39, 0.29) is 12.0 Å². The molecule has 0 aliphatic carbocycles. The minimum absolute atomic E-state index is 0.0373. The lowest BCUT2D eigenvalue weighted by molar-refractivity contribution is -0.119. The fourth-order valence-electron chi connectivity index (χ4n) is 2.02. The second-order valence-electron chi connectivity index (χ2n) is 4.59. The minimum Gasteiger partial charge on any atom is -0.378 e. The lowest BCUT2D eigenvalue weighted by atomic mass is 10.1. The van der Waals surface area contributed by atoms with Crippen LogP contribution in [0, 0.1) is 6.92 Å². The first-order valence-electron chi connectivity index (χ1n) is 6.19. The molecular weight excluding hydrogens is 252 g/mol. The number of ether oxygens (including phenoxy) is 1. The number of nitrogens with one attached hydrogen (secondary N) is 1. The number of pyridine rings is 1. The van der Waals surface area contributed by atoms with Crippen LogP contribution in [-0.2, 0) is 9.53 Å². The Labute approximate surface area is 112 Å². The monoisotopic (exact) mass is 268 g/mol. The molecule has 1 amide bonds. The number of amides is 1. The van der Waals surface area contributed by atoms with Gasteiger partial charge in [-0.05, 0) is 37.8 Å². The van der Waals surface area contributed by atoms with Gasteiger partial charge in [0.1, 0.15) is 0 Å². The third kappa shape index (κ3) is 3.68. The van der Waals surface area contributed by atoms with Gasteiger partial charge >= 0.3 is 0 Å². The smallest absolute Gasteiger partial charge is 0.227 e. The number of nitrogens with zero attached hydrogens (tertiary/aromatic N) is 1. The molecule has 2 rings (SSSR count). The Morgan fingerprint density at radius 1 is 1.61 bits per heavy atom. The Balaban J connectivity index is 1.92. The molecule has 98 valence electrons. The Morgan fingerprint density at radius 2 is 2.44 bits per heavy atom. The largest absolute Gasteiger partial charge is 0.378 e. The maximum atomic E-state index is 11.9. The summed E-state index contributed by atoms with van der Waals surface area (Å²) in [5, 5.41) is 3.10. The van der Waals surface area contributed by atoms with Gasteiger partial charge in [0.25, 0.3) is 0 Å². The van der Waals surface area contributed by atoms with Crippen LogP contribution in [0.5, 0.6) is 0 Å². The van der Waals surface area contributed by atoms with E-state index in [2.05, 4.69) is 10.3 Å². The van der Waals surface area contributed by atoms with Crippen molar-refractivity contribution in [2.24, 2.45) is 0 Å². The van der Waals surface area contributed by atoms with Gasteiger partial charge < -0.3 is 10.1 Å². The first-order valence-corrected chi connectivity index (χ1v) is 6.56. The summed E-state index contributed by atoms with van der Waals surface area (Å²) in [7, 11) is 0. The maximum Gasteiger partial charge on any atom is 0.227 e. The van der Waals surface area contributed by atoms with Gasteiger partial charge in [-0.3, -0.25) is 4.79 Å². The van der Waals surface area contributed by atoms with Gasteiger partial charge in [-0.25, -0.2) is 4.98 Å². The molecule has 0 radical (unpaired) electrons. The second kappa shape index (κ2) is 6.16. The summed E-state index contributed by atoms with van der Waals surface area (Å²) in [6, 6.07) is 1.81. The van der Waals surface area contributed by atoms with Crippen molar-refractivity contribution in [1.29, 1.82) is 0 Å². The van der Waals surface area contributed by atoms with Gasteiger partial charge in [0.15, 0.2) is 5.15 Å². The number of hydrogen-bond donors (Lipinski definition) is 1. The van der Waals surface area contributed by atoms with Crippen molar-refractivity contribution in [2.45, 2.75) is 38.7 Å². The van der Waals surface area contributed by atoms with E-state index in [0.717, 1.165) is 31.4 Å². The fraction of sp³-hybridized carbons (Fsp3) is 0.538. The number of halogens is 1. The van der Waals surface area contributed by atoms with Crippen molar-refractivity contribution < 1.29 is 9.53 Å². The number of carbonyl (C=O) groups is 1. The number of rotatable bonds is 3. The molecule has 2 heterocycles. The standard InChI is InChI=1S/C13H17ClN2O2/c1-9-6-11(13(14)15-8-9)16-12(17)7-10-4-2-3-5-18-10/h6,8,10H,2-5,7H2,1H3,(H,16,17). The molecular formula is C13H17ClN2O2. The molecule has 5 heteroatoms. The van der Waals surface area contributed by atoms with Gasteiger partial charge in [0.2, 0.25) is 5.91 Å². The molecule has 1 aliphatic heterocycles. The highest BCUT2D eigenvalue weighted by molar-refractivity contribution is 6.32. The molecule has 1 fully saturated rings. The van der Waals surface area contributed by atoms with Crippen molar-refractivity contribution in [3.63, 3.8) is 0 Å². The molecule has 0 saturated carbocycles. The predicted molar refractivity (Wildman–Crippen MR) is 70.8 cm³/mol. The summed E-state index contributed by atoms with van der Waals surface area (Å²) >= 11 is 5.93. The van der Waals surface area contributed by atoms with Gasteiger partial charge in [0, 0.05) is 12.8 Å². The number of aromatic nitrogens is 1. The zero-order valence-electron chi connectivity index (χ0n) is 10.4. The highest BCUT2D eigenvalue weighted by atomic mass is 35.5. The van der Waals surface area contributed by atoms with Gasteiger partial charge in [-0.1, -0.05) is 11.6 Å². The number of aryl methyl sites for hydroxylation is 1. The third-order valence-electron chi connectivity index (χ3n) is 2.94. The minimum atomic E-state index is -0.0730. The molecule has 1 unspecified atom stereocenters. The van der Waals surface area contributed by atoms with Gasteiger partial charge in [-0.2, -0.15) is 0 Å². The Hall–Kier alpha value is -1.13. The third-order valence-corrected chi connectivity index (χ3v) is 3.24. The van der Waals surface area contributed by atoms with E-state index in [0.29, 0.717) is 17.3 Å². The Morgan fingerprint density at radius 3 is 3.17 bits per heavy atom. The summed E-state index contributed by atoms with van der Waals surface area (Å²) in [4.78, 5) is 15.9. The SMILES string of the molecule is Cc1cnc(Cl)c(NC(=O)CC2CCCCO2)c1. The average molecular weight is 269 g/mol. The summed E-state index contributed by atoms with van der Waals surface area (Å²) in [5.41, 5.74) is 1.53. The van der Waals surface area contributed by atoms with Crippen LogP contribution in [0.1, 0.15) is 31.2 Å². The highest BCUT2D eigenvalue weighted by Gasteiger charge is 2.18. The molecule has 1 N–H and O–H groups in total. The molecule has 1 aromatic rings. The van der Waals surface area contributed by atoms with Crippen LogP contribution < -0.4 is 5.32 Å². The Kier molecular flexibility index (Phi) is 4.55. The molecule has 0 aromatic carbocycles. The topological polar surface area (TPSA) is 51.2 Å². The van der Waals surface area contributed by atoms with Crippen LogP contribution >= 0.6 is 11.6 Å². The van der Waals surface area contributed by atoms with Crippen LogP contribution in [0.25, 0.3) is 0 Å². The van der Waals surface area contributed by atoms with E-state index in [4.69, 9.17) is 16.3 Å². The quantitative estimate of drug-likeness (QED) is 0.858. The van der Waals surface area contributed by atoms with Crippen LogP contribution in [0.2, 0.25) is 5.15 Å². The normalized spacial score (nSPS) is 19.6. The van der Waals surface area contributed by atoms with Crippen molar-refractivity contribution in [3.8, 4) is 0 Å². The summed E-state index contributed by atoms with van der Waals surface area (Å²) in [6.07, 6.45) is 5.26. The molecule has 1 atom stereocenters. The zero-order valence-corrected chi connectivity index (χ0v) is 11.2. The van der Waals surface area contributed by atoms with E-state index < -0.39 is 0 Å². The number of anilines is 1. The molecule has 0 bridgehead atoms. The van der Waals surface area contributed by atoms with Gasteiger partial charge in [0.05, 0.1) is 18.2 Å². The zero-order chi connectivity index (χ0) is 13.0. The van der Waals surface area contributed by atoms with Crippen molar-refractivity contribution in [3.05, 3.63) is 23.0 Å². The first-order chi connectivity index (χ1) is 8.65. The summed E-state index contributed by atoms with van der Waals surface area (Å²) in [5.74, 6) is -0.0730. The first kappa shape index (κ1) is 13.3. The fourth-order valence-corrected chi connectivity index (χ4v) is 2.17. The van der Waals surface area contributed by atoms with Crippen LogP contribution in [-0.4, -0.2) is 23.6 Å². The summed E-state index contributed by atoms with van der Waals surface area (Å²) < 4.78 is 5.53. The van der Waals surface area contributed by atoms with Crippen molar-refractivity contribution in [2.75, 3.05) is 11.9 Å². The van der Waals surface area contributed by atoms with Crippen molar-refractivity contribution >= 4 is 23.2 Å². The Bertz CT molecular complexity index is 431. The van der Waals surface area contributed by atoms with E-state index in [1.807, 2.05) is 13.0 Å². The molecule has 1 aromatic heterocycles.